The fourth-order valence-corrected chi connectivity index (χ4v) is 4.65. The summed E-state index contributed by atoms with van der Waals surface area (Å²) in [6, 6.07) is 3.38. The molecule has 1 fully saturated rings. The van der Waals surface area contributed by atoms with Crippen molar-refractivity contribution in [2.24, 2.45) is 0 Å². The summed E-state index contributed by atoms with van der Waals surface area (Å²) in [6.07, 6.45) is 3.38. The molecule has 0 bridgehead atoms. The van der Waals surface area contributed by atoms with E-state index in [-0.39, 0.29) is 0 Å². The summed E-state index contributed by atoms with van der Waals surface area (Å²) in [5.41, 5.74) is 2.40. The number of aromatic nitrogens is 3. The number of carboxylic acid groups (broad SMARTS) is 1. The Hall–Kier alpha value is -1.98. The van der Waals surface area contributed by atoms with E-state index < -0.39 is 12.1 Å². The van der Waals surface area contributed by atoms with Gasteiger partial charge in [0.25, 0.3) is 0 Å². The third kappa shape index (κ3) is 6.75. The summed E-state index contributed by atoms with van der Waals surface area (Å²) in [5.74, 6) is -2.76. The Balaban J connectivity index is 0.000000339. The number of thiazole rings is 1. The van der Waals surface area contributed by atoms with Crippen LogP contribution in [0.1, 0.15) is 54.5 Å². The van der Waals surface area contributed by atoms with Crippen molar-refractivity contribution >= 4 is 17.3 Å². The summed E-state index contributed by atoms with van der Waals surface area (Å²) in [6.45, 7) is 5.58. The average molecular weight is 461 g/mol. The summed E-state index contributed by atoms with van der Waals surface area (Å²) in [7, 11) is 0. The first kappa shape index (κ1) is 23.7. The number of alkyl halides is 3. The van der Waals surface area contributed by atoms with Gasteiger partial charge in [-0.05, 0) is 32.3 Å². The lowest BCUT2D eigenvalue weighted by molar-refractivity contribution is -0.192. The first-order chi connectivity index (χ1) is 14.7. The standard InChI is InChI=1S/C18H26N4OS.C2HF3O2/c1-14-20-15(13-24-14)12-23-9-7-18-11-21(16-4-2-3-5-16)10-17-6-8-19-22(17)18;3-2(4,5)1(6)7/h6,8,13,16,18H,2-5,7,9-12H2,1H3;(H,6,7). The Morgan fingerprint density at radius 2 is 2.06 bits per heavy atom. The van der Waals surface area contributed by atoms with Gasteiger partial charge < -0.3 is 9.84 Å². The zero-order chi connectivity index (χ0) is 22.4. The van der Waals surface area contributed by atoms with E-state index in [1.54, 1.807) is 11.3 Å². The van der Waals surface area contributed by atoms with Crippen molar-refractivity contribution in [3.05, 3.63) is 34.0 Å². The Morgan fingerprint density at radius 3 is 2.68 bits per heavy atom. The molecular weight excluding hydrogens is 433 g/mol. The van der Waals surface area contributed by atoms with Gasteiger partial charge in [0.15, 0.2) is 0 Å². The van der Waals surface area contributed by atoms with Crippen LogP contribution in [0.15, 0.2) is 17.6 Å². The average Bonchev–Trinajstić information content (AvgIpc) is 3.46. The fourth-order valence-electron chi connectivity index (χ4n) is 4.05. The molecule has 0 saturated heterocycles. The molecule has 1 unspecified atom stereocenters. The minimum Gasteiger partial charge on any atom is -0.475 e. The molecule has 0 spiro atoms. The second kappa shape index (κ2) is 10.6. The van der Waals surface area contributed by atoms with Gasteiger partial charge in [0.05, 0.1) is 29.0 Å². The minimum absolute atomic E-state index is 0.432. The van der Waals surface area contributed by atoms with Gasteiger partial charge in [-0.15, -0.1) is 11.3 Å². The van der Waals surface area contributed by atoms with Crippen LogP contribution in [-0.2, 0) is 22.7 Å². The van der Waals surface area contributed by atoms with Crippen LogP contribution in [0.2, 0.25) is 0 Å². The maximum atomic E-state index is 10.6. The van der Waals surface area contributed by atoms with Crippen LogP contribution in [0, 0.1) is 6.92 Å². The van der Waals surface area contributed by atoms with Crippen molar-refractivity contribution in [3.63, 3.8) is 0 Å². The monoisotopic (exact) mass is 460 g/mol. The molecule has 1 aliphatic carbocycles. The number of nitrogens with zero attached hydrogens (tertiary/aromatic N) is 4. The normalized spacial score (nSPS) is 19.7. The van der Waals surface area contributed by atoms with Crippen molar-refractivity contribution in [2.45, 2.75) is 70.4 Å². The number of ether oxygens (including phenoxy) is 1. The molecule has 2 aromatic rings. The predicted molar refractivity (Wildman–Crippen MR) is 109 cm³/mol. The van der Waals surface area contributed by atoms with E-state index in [1.165, 1.54) is 31.4 Å². The smallest absolute Gasteiger partial charge is 0.475 e. The maximum absolute atomic E-state index is 10.6. The number of carboxylic acids is 1. The highest BCUT2D eigenvalue weighted by Gasteiger charge is 2.38. The largest absolute Gasteiger partial charge is 0.490 e. The van der Waals surface area contributed by atoms with Gasteiger partial charge in [0, 0.05) is 37.3 Å². The Labute approximate surface area is 182 Å². The topological polar surface area (TPSA) is 80.5 Å². The van der Waals surface area contributed by atoms with Crippen LogP contribution in [-0.4, -0.2) is 56.1 Å². The van der Waals surface area contributed by atoms with Crippen molar-refractivity contribution in [3.8, 4) is 0 Å². The van der Waals surface area contributed by atoms with Gasteiger partial charge >= 0.3 is 12.1 Å². The van der Waals surface area contributed by atoms with E-state index >= 15 is 0 Å². The van der Waals surface area contributed by atoms with Gasteiger partial charge in [-0.1, -0.05) is 12.8 Å². The summed E-state index contributed by atoms with van der Waals surface area (Å²) in [4.78, 5) is 16.0. The van der Waals surface area contributed by atoms with E-state index in [2.05, 4.69) is 31.1 Å². The molecule has 1 saturated carbocycles. The van der Waals surface area contributed by atoms with E-state index in [1.807, 2.05) is 13.1 Å². The van der Waals surface area contributed by atoms with E-state index in [4.69, 9.17) is 14.6 Å². The number of aliphatic carboxylic acids is 1. The predicted octanol–water partition coefficient (Wildman–Crippen LogP) is 4.19. The molecule has 1 aliphatic heterocycles. The minimum atomic E-state index is -5.08. The van der Waals surface area contributed by atoms with Crippen LogP contribution in [0.3, 0.4) is 0 Å². The Morgan fingerprint density at radius 1 is 1.35 bits per heavy atom. The van der Waals surface area contributed by atoms with Gasteiger partial charge in [0.1, 0.15) is 0 Å². The van der Waals surface area contributed by atoms with E-state index in [0.717, 1.165) is 42.9 Å². The Bertz CT molecular complexity index is 849. The van der Waals surface area contributed by atoms with E-state index in [0.29, 0.717) is 12.6 Å². The second-order valence-electron chi connectivity index (χ2n) is 7.79. The summed E-state index contributed by atoms with van der Waals surface area (Å²) < 4.78 is 39.8. The van der Waals surface area contributed by atoms with Crippen LogP contribution >= 0.6 is 11.3 Å². The van der Waals surface area contributed by atoms with Gasteiger partial charge in [-0.25, -0.2) is 9.78 Å². The van der Waals surface area contributed by atoms with Gasteiger partial charge in [0.2, 0.25) is 0 Å². The molecule has 1 atom stereocenters. The number of hydrogen-bond donors (Lipinski definition) is 1. The highest BCUT2D eigenvalue weighted by Crippen LogP contribution is 2.30. The first-order valence-electron chi connectivity index (χ1n) is 10.3. The highest BCUT2D eigenvalue weighted by atomic mass is 32.1. The Kier molecular flexibility index (Phi) is 8.06. The van der Waals surface area contributed by atoms with Crippen LogP contribution in [0.5, 0.6) is 0 Å². The highest BCUT2D eigenvalue weighted by molar-refractivity contribution is 7.09. The molecular formula is C20H27F3N4O3S. The van der Waals surface area contributed by atoms with Crippen LogP contribution in [0.4, 0.5) is 13.2 Å². The summed E-state index contributed by atoms with van der Waals surface area (Å²) >= 11 is 1.68. The molecule has 3 heterocycles. The number of halogens is 3. The third-order valence-electron chi connectivity index (χ3n) is 5.50. The molecule has 0 amide bonds. The van der Waals surface area contributed by atoms with Crippen LogP contribution < -0.4 is 0 Å². The lowest BCUT2D eigenvalue weighted by Gasteiger charge is -2.37. The molecule has 31 heavy (non-hydrogen) atoms. The zero-order valence-corrected chi connectivity index (χ0v) is 18.2. The number of carbonyl (C=O) groups is 1. The van der Waals surface area contributed by atoms with Crippen molar-refractivity contribution < 1.29 is 27.8 Å². The maximum Gasteiger partial charge on any atom is 0.490 e. The number of fused-ring (bicyclic) bond motifs is 1. The number of hydrogen-bond acceptors (Lipinski definition) is 6. The van der Waals surface area contributed by atoms with Crippen molar-refractivity contribution in [1.29, 1.82) is 0 Å². The SMILES string of the molecule is Cc1nc(COCCC2CN(C3CCCC3)Cc3ccnn32)cs1.O=C(O)C(F)(F)F. The van der Waals surface area contributed by atoms with Gasteiger partial charge in [-0.3, -0.25) is 9.58 Å². The molecule has 172 valence electrons. The number of rotatable bonds is 6. The first-order valence-corrected chi connectivity index (χ1v) is 11.2. The van der Waals surface area contributed by atoms with Crippen molar-refractivity contribution in [2.75, 3.05) is 13.2 Å². The molecule has 2 aromatic heterocycles. The quantitative estimate of drug-likeness (QED) is 0.652. The fraction of sp³-hybridized carbons (Fsp3) is 0.650. The van der Waals surface area contributed by atoms with Crippen LogP contribution in [0.25, 0.3) is 0 Å². The molecule has 0 aromatic carbocycles. The summed E-state index contributed by atoms with van der Waals surface area (Å²) in [5, 5.41) is 14.9. The second-order valence-corrected chi connectivity index (χ2v) is 8.85. The molecule has 7 nitrogen and oxygen atoms in total. The molecule has 0 radical (unpaired) electrons. The lowest BCUT2D eigenvalue weighted by Crippen LogP contribution is -2.42. The zero-order valence-electron chi connectivity index (χ0n) is 17.3. The molecule has 1 N–H and O–H groups in total. The molecule has 2 aliphatic rings. The number of aryl methyl sites for hydroxylation is 1. The van der Waals surface area contributed by atoms with Crippen molar-refractivity contribution in [1.82, 2.24) is 19.7 Å². The molecule has 4 rings (SSSR count). The van der Waals surface area contributed by atoms with Gasteiger partial charge in [-0.2, -0.15) is 18.3 Å². The lowest BCUT2D eigenvalue weighted by atomic mass is 10.1. The van der Waals surface area contributed by atoms with E-state index in [9.17, 15) is 13.2 Å². The third-order valence-corrected chi connectivity index (χ3v) is 6.33. The molecule has 11 heteroatoms.